The average Bonchev–Trinajstić information content (AvgIpc) is 3.88. The van der Waals surface area contributed by atoms with Crippen molar-refractivity contribution in [3.63, 3.8) is 0 Å². The Morgan fingerprint density at radius 3 is 2.21 bits per heavy atom. The van der Waals surface area contributed by atoms with Crippen molar-refractivity contribution in [2.45, 2.75) is 18.3 Å². The SMILES string of the molecule is CC12C=CC=CC1c1cc(N(c3ccccc3)c3ccc4ccccc4c3)ccc1C21c2ccccc2-n2c3ccccc3c3c4oc5ccccc5c4cc1c32. The summed E-state index contributed by atoms with van der Waals surface area (Å²) >= 11 is 0. The summed E-state index contributed by atoms with van der Waals surface area (Å²) in [5, 5.41) is 7.19. The van der Waals surface area contributed by atoms with Gasteiger partial charge in [0.05, 0.1) is 27.5 Å². The van der Waals surface area contributed by atoms with Gasteiger partial charge < -0.3 is 13.9 Å². The van der Waals surface area contributed by atoms with Gasteiger partial charge in [-0.05, 0) is 93.7 Å². The molecule has 1 spiro atoms. The number of rotatable bonds is 3. The normalized spacial score (nSPS) is 20.2. The lowest BCUT2D eigenvalue weighted by molar-refractivity contribution is 0.288. The van der Waals surface area contributed by atoms with E-state index in [0.717, 1.165) is 33.6 Å². The number of furan rings is 1. The number of hydrogen-bond donors (Lipinski definition) is 0. The minimum Gasteiger partial charge on any atom is -0.455 e. The summed E-state index contributed by atoms with van der Waals surface area (Å²) in [6.07, 6.45) is 9.50. The molecule has 3 nitrogen and oxygen atoms in total. The van der Waals surface area contributed by atoms with E-state index < -0.39 is 5.41 Å². The Morgan fingerprint density at radius 1 is 0.561 bits per heavy atom. The molecule has 13 rings (SSSR count). The fourth-order valence-electron chi connectivity index (χ4n) is 11.3. The summed E-state index contributed by atoms with van der Waals surface area (Å²) in [7, 11) is 0. The van der Waals surface area contributed by atoms with E-state index in [9.17, 15) is 0 Å². The van der Waals surface area contributed by atoms with Gasteiger partial charge in [-0.15, -0.1) is 0 Å². The van der Waals surface area contributed by atoms with Crippen LogP contribution in [0.3, 0.4) is 0 Å². The zero-order valence-electron chi connectivity index (χ0n) is 31.4. The molecule has 0 fully saturated rings. The number of aromatic nitrogens is 1. The number of hydrogen-bond acceptors (Lipinski definition) is 2. The molecule has 0 saturated heterocycles. The second-order valence-electron chi connectivity index (χ2n) is 16.2. The molecule has 0 bridgehead atoms. The van der Waals surface area contributed by atoms with Gasteiger partial charge in [0.15, 0.2) is 0 Å². The summed E-state index contributed by atoms with van der Waals surface area (Å²) in [6.45, 7) is 2.51. The van der Waals surface area contributed by atoms with Crippen LogP contribution in [0.1, 0.15) is 35.1 Å². The minimum atomic E-state index is -0.515. The molecule has 268 valence electrons. The van der Waals surface area contributed by atoms with Crippen molar-refractivity contribution in [1.29, 1.82) is 0 Å². The molecule has 8 aromatic carbocycles. The van der Waals surface area contributed by atoms with Crippen LogP contribution in [0.4, 0.5) is 17.1 Å². The zero-order chi connectivity index (χ0) is 37.5. The van der Waals surface area contributed by atoms with Gasteiger partial charge >= 0.3 is 0 Å². The molecule has 0 amide bonds. The first kappa shape index (κ1) is 31.1. The largest absolute Gasteiger partial charge is 0.455 e. The summed E-state index contributed by atoms with van der Waals surface area (Å²) < 4.78 is 9.38. The third-order valence-corrected chi connectivity index (χ3v) is 13.6. The molecule has 1 aliphatic heterocycles. The number of allylic oxidation sites excluding steroid dienone is 4. The maximum atomic E-state index is 6.86. The van der Waals surface area contributed by atoms with Crippen LogP contribution in [0.5, 0.6) is 0 Å². The van der Waals surface area contributed by atoms with E-state index in [1.165, 1.54) is 65.9 Å². The molecule has 0 saturated carbocycles. The number of fused-ring (bicyclic) bond motifs is 17. The second-order valence-corrected chi connectivity index (χ2v) is 16.2. The first-order valence-electron chi connectivity index (χ1n) is 20.0. The average molecular weight is 729 g/mol. The molecule has 3 aliphatic rings. The van der Waals surface area contributed by atoms with Crippen LogP contribution in [0.25, 0.3) is 60.2 Å². The molecule has 2 aromatic heterocycles. The first-order valence-corrected chi connectivity index (χ1v) is 20.0. The van der Waals surface area contributed by atoms with Crippen molar-refractivity contribution in [1.82, 2.24) is 4.57 Å². The Hall–Kier alpha value is -7.10. The van der Waals surface area contributed by atoms with Crippen molar-refractivity contribution in [3.8, 4) is 5.69 Å². The summed E-state index contributed by atoms with van der Waals surface area (Å²) in [5.41, 5.74) is 13.5. The van der Waals surface area contributed by atoms with Crippen LogP contribution < -0.4 is 4.90 Å². The van der Waals surface area contributed by atoms with Crippen LogP contribution in [-0.2, 0) is 5.41 Å². The second kappa shape index (κ2) is 11.0. The summed E-state index contributed by atoms with van der Waals surface area (Å²) in [5.74, 6) is 0.127. The topological polar surface area (TPSA) is 21.3 Å². The number of para-hydroxylation sites is 4. The van der Waals surface area contributed by atoms with Crippen molar-refractivity contribution in [3.05, 3.63) is 216 Å². The maximum Gasteiger partial charge on any atom is 0.145 e. The first-order chi connectivity index (χ1) is 28.1. The molecular weight excluding hydrogens is 693 g/mol. The number of benzene rings is 8. The lowest BCUT2D eigenvalue weighted by atomic mass is 9.53. The van der Waals surface area contributed by atoms with Gasteiger partial charge in [0.2, 0.25) is 0 Å². The van der Waals surface area contributed by atoms with Crippen LogP contribution in [-0.4, -0.2) is 4.57 Å². The lowest BCUT2D eigenvalue weighted by Gasteiger charge is -2.49. The van der Waals surface area contributed by atoms with Gasteiger partial charge in [0.25, 0.3) is 0 Å². The Morgan fingerprint density at radius 2 is 1.30 bits per heavy atom. The smallest absolute Gasteiger partial charge is 0.145 e. The fourth-order valence-corrected chi connectivity index (χ4v) is 11.3. The van der Waals surface area contributed by atoms with E-state index >= 15 is 0 Å². The van der Waals surface area contributed by atoms with Crippen molar-refractivity contribution in [2.24, 2.45) is 5.41 Å². The molecule has 3 heterocycles. The zero-order valence-corrected chi connectivity index (χ0v) is 31.4. The van der Waals surface area contributed by atoms with Gasteiger partial charge in [-0.1, -0.05) is 140 Å². The van der Waals surface area contributed by atoms with Gasteiger partial charge in [-0.3, -0.25) is 0 Å². The molecule has 10 aromatic rings. The van der Waals surface area contributed by atoms with E-state index in [1.54, 1.807) is 0 Å². The molecule has 3 heteroatoms. The molecular formula is C54H36N2O. The summed E-state index contributed by atoms with van der Waals surface area (Å²) in [6, 6.07) is 62.7. The Balaban J connectivity index is 1.16. The summed E-state index contributed by atoms with van der Waals surface area (Å²) in [4.78, 5) is 2.42. The van der Waals surface area contributed by atoms with Crippen LogP contribution in [0, 0.1) is 5.41 Å². The molecule has 57 heavy (non-hydrogen) atoms. The predicted octanol–water partition coefficient (Wildman–Crippen LogP) is 14.2. The Kier molecular flexibility index (Phi) is 6.02. The highest BCUT2D eigenvalue weighted by atomic mass is 16.3. The van der Waals surface area contributed by atoms with Gasteiger partial charge in [0, 0.05) is 44.6 Å². The highest BCUT2D eigenvalue weighted by molar-refractivity contribution is 6.25. The molecule has 3 unspecified atom stereocenters. The molecule has 3 atom stereocenters. The van der Waals surface area contributed by atoms with Crippen molar-refractivity contribution >= 4 is 71.6 Å². The van der Waals surface area contributed by atoms with E-state index in [0.29, 0.717) is 0 Å². The van der Waals surface area contributed by atoms with Crippen LogP contribution in [0.15, 0.2) is 199 Å². The van der Waals surface area contributed by atoms with E-state index in [-0.39, 0.29) is 11.3 Å². The van der Waals surface area contributed by atoms with E-state index in [1.807, 2.05) is 0 Å². The number of nitrogens with zero attached hydrogens (tertiary/aromatic N) is 2. The molecule has 2 aliphatic carbocycles. The lowest BCUT2D eigenvalue weighted by Crippen LogP contribution is -2.45. The Bertz CT molecular complexity index is 3400. The minimum absolute atomic E-state index is 0.127. The van der Waals surface area contributed by atoms with E-state index in [2.05, 4.69) is 211 Å². The van der Waals surface area contributed by atoms with Crippen LogP contribution >= 0.6 is 0 Å². The maximum absolute atomic E-state index is 6.86. The highest BCUT2D eigenvalue weighted by Gasteiger charge is 2.63. The predicted molar refractivity (Wildman–Crippen MR) is 236 cm³/mol. The molecule has 0 radical (unpaired) electrons. The monoisotopic (exact) mass is 728 g/mol. The highest BCUT2D eigenvalue weighted by Crippen LogP contribution is 2.70. The van der Waals surface area contributed by atoms with Crippen molar-refractivity contribution in [2.75, 3.05) is 4.90 Å². The quantitative estimate of drug-likeness (QED) is 0.181. The van der Waals surface area contributed by atoms with Crippen molar-refractivity contribution < 1.29 is 4.42 Å². The van der Waals surface area contributed by atoms with Gasteiger partial charge in [-0.25, -0.2) is 0 Å². The van der Waals surface area contributed by atoms with E-state index in [4.69, 9.17) is 4.42 Å². The third kappa shape index (κ3) is 3.82. The third-order valence-electron chi connectivity index (χ3n) is 13.6. The van der Waals surface area contributed by atoms with Gasteiger partial charge in [0.1, 0.15) is 11.2 Å². The standard InChI is InChI=1S/C54H36N2O/c1-53-30-14-13-21-43(53)42-32-38(55(36-17-3-2-4-18-36)37-27-26-34-15-5-6-16-35(34)31-37)28-29-44(42)54(53)45-22-9-11-24-48(45)56-47-23-10-7-20-40(47)50-51(56)46(54)33-41-39-19-8-12-25-49(39)57-52(41)50/h2-33,43H,1H3. The Labute approximate surface area is 330 Å². The van der Waals surface area contributed by atoms with Gasteiger partial charge in [-0.2, -0.15) is 0 Å². The molecule has 0 N–H and O–H groups in total. The van der Waals surface area contributed by atoms with Crippen LogP contribution in [0.2, 0.25) is 0 Å². The number of anilines is 3. The fraction of sp³-hybridized carbons (Fsp3) is 0.0741.